The smallest absolute Gasteiger partial charge is 0.234 e. The number of methoxy groups -OCH3 is 1. The lowest BCUT2D eigenvalue weighted by molar-refractivity contribution is -0.132. The van der Waals surface area contributed by atoms with E-state index >= 15 is 0 Å². The average Bonchev–Trinajstić information content (AvgIpc) is 3.36. The molecule has 0 aromatic heterocycles. The maximum Gasteiger partial charge on any atom is 0.234 e. The van der Waals surface area contributed by atoms with Crippen LogP contribution >= 0.6 is 0 Å². The van der Waals surface area contributed by atoms with Crippen LogP contribution in [0.1, 0.15) is 40.0 Å². The van der Waals surface area contributed by atoms with Crippen molar-refractivity contribution in [2.75, 3.05) is 18.6 Å². The Bertz CT molecular complexity index is 834. The lowest BCUT2D eigenvalue weighted by Gasteiger charge is -2.25. The number of fused-ring (bicyclic) bond motifs is 1. The lowest BCUT2D eigenvalue weighted by Crippen LogP contribution is -2.46. The first kappa shape index (κ1) is 20.9. The summed E-state index contributed by atoms with van der Waals surface area (Å²) >= 11 is 0. The van der Waals surface area contributed by atoms with E-state index in [0.717, 1.165) is 30.7 Å². The van der Waals surface area contributed by atoms with Crippen molar-refractivity contribution in [2.24, 2.45) is 17.8 Å². The Morgan fingerprint density at radius 3 is 2.67 bits per heavy atom. The Kier molecular flexibility index (Phi) is 5.62. The van der Waals surface area contributed by atoms with Gasteiger partial charge in [0.25, 0.3) is 0 Å². The quantitative estimate of drug-likeness (QED) is 0.665. The number of carbonyl (C=O) groups excluding carboxylic acids is 2. The summed E-state index contributed by atoms with van der Waals surface area (Å²) < 4.78 is 11.4. The number of hydrogen-bond donors (Lipinski definition) is 1. The topological polar surface area (TPSA) is 67.9 Å². The Labute approximate surface area is 178 Å². The van der Waals surface area contributed by atoms with E-state index in [9.17, 15) is 9.59 Å². The van der Waals surface area contributed by atoms with Crippen molar-refractivity contribution in [1.82, 2.24) is 5.32 Å². The number of rotatable bonds is 8. The molecular weight excluding hydrogens is 380 g/mol. The first-order valence-corrected chi connectivity index (χ1v) is 11.0. The van der Waals surface area contributed by atoms with Gasteiger partial charge in [-0.25, -0.2) is 0 Å². The maximum absolute atomic E-state index is 13.4. The molecule has 30 heavy (non-hydrogen) atoms. The van der Waals surface area contributed by atoms with E-state index in [-0.39, 0.29) is 24.0 Å². The Morgan fingerprint density at radius 1 is 1.27 bits per heavy atom. The SMILES string of the molecule is COc1ccc(N2C[C@]34C=C[C@H](O3)[C@@H](C(=O)N[C@@H](C)CCCC(C)C)[C@H]4C2=O)cc1. The first-order chi connectivity index (χ1) is 14.3. The number of nitrogens with zero attached hydrogens (tertiary/aromatic N) is 1. The van der Waals surface area contributed by atoms with Crippen molar-refractivity contribution in [2.45, 2.75) is 57.8 Å². The highest BCUT2D eigenvalue weighted by molar-refractivity contribution is 6.03. The normalized spacial score (nSPS) is 30.1. The summed E-state index contributed by atoms with van der Waals surface area (Å²) in [5, 5.41) is 3.14. The molecule has 2 amide bonds. The fourth-order valence-corrected chi connectivity index (χ4v) is 5.02. The average molecular weight is 413 g/mol. The monoisotopic (exact) mass is 412 g/mol. The molecule has 1 aromatic carbocycles. The number of benzene rings is 1. The van der Waals surface area contributed by atoms with Gasteiger partial charge in [0.2, 0.25) is 11.8 Å². The molecule has 5 atom stereocenters. The minimum absolute atomic E-state index is 0.0420. The minimum atomic E-state index is -0.704. The molecule has 1 N–H and O–H groups in total. The van der Waals surface area contributed by atoms with Gasteiger partial charge in [-0.15, -0.1) is 0 Å². The molecule has 0 aliphatic carbocycles. The zero-order valence-corrected chi connectivity index (χ0v) is 18.3. The van der Waals surface area contributed by atoms with Crippen molar-refractivity contribution < 1.29 is 19.1 Å². The summed E-state index contributed by atoms with van der Waals surface area (Å²) in [6.07, 6.45) is 6.80. The van der Waals surface area contributed by atoms with Crippen LogP contribution in [0.15, 0.2) is 36.4 Å². The number of nitrogens with one attached hydrogen (secondary N) is 1. The predicted molar refractivity (Wildman–Crippen MR) is 115 cm³/mol. The van der Waals surface area contributed by atoms with Crippen LogP contribution in [0.25, 0.3) is 0 Å². The van der Waals surface area contributed by atoms with Gasteiger partial charge in [0, 0.05) is 11.7 Å². The van der Waals surface area contributed by atoms with Crippen LogP contribution in [0, 0.1) is 17.8 Å². The third kappa shape index (κ3) is 3.62. The van der Waals surface area contributed by atoms with Gasteiger partial charge in [0.1, 0.15) is 11.4 Å². The summed E-state index contributed by atoms with van der Waals surface area (Å²) in [5.41, 5.74) is 0.0936. The number of hydrogen-bond acceptors (Lipinski definition) is 4. The highest BCUT2D eigenvalue weighted by Gasteiger charge is 2.67. The van der Waals surface area contributed by atoms with E-state index in [1.54, 1.807) is 12.0 Å². The Balaban J connectivity index is 1.47. The van der Waals surface area contributed by atoms with Crippen LogP contribution in [-0.4, -0.2) is 43.2 Å². The summed E-state index contributed by atoms with van der Waals surface area (Å²) in [6, 6.07) is 7.51. The van der Waals surface area contributed by atoms with Crippen LogP contribution in [0.4, 0.5) is 5.69 Å². The fourth-order valence-electron chi connectivity index (χ4n) is 5.02. The van der Waals surface area contributed by atoms with Crippen molar-refractivity contribution in [3.63, 3.8) is 0 Å². The van der Waals surface area contributed by atoms with E-state index < -0.39 is 17.4 Å². The molecule has 0 unspecified atom stereocenters. The molecule has 4 rings (SSSR count). The van der Waals surface area contributed by atoms with E-state index in [2.05, 4.69) is 19.2 Å². The summed E-state index contributed by atoms with van der Waals surface area (Å²) in [6.45, 7) is 6.89. The molecule has 162 valence electrons. The van der Waals surface area contributed by atoms with Gasteiger partial charge < -0.3 is 19.7 Å². The van der Waals surface area contributed by atoms with E-state index in [1.165, 1.54) is 0 Å². The second-order valence-electron chi connectivity index (χ2n) is 9.26. The Hall–Kier alpha value is -2.34. The van der Waals surface area contributed by atoms with Crippen LogP contribution < -0.4 is 15.0 Å². The molecule has 6 nitrogen and oxygen atoms in total. The second kappa shape index (κ2) is 8.06. The number of anilines is 1. The standard InChI is InChI=1S/C24H32N2O4/c1-15(2)6-5-7-16(3)25-22(27)20-19-12-13-24(30-19)14-26(23(28)21(20)24)17-8-10-18(29-4)11-9-17/h8-13,15-16,19-21H,5-7,14H2,1-4H3,(H,25,27)/t16-,19-,20+,21-,24-/m0/s1. The molecule has 3 heterocycles. The molecule has 1 aromatic rings. The van der Waals surface area contributed by atoms with Crippen LogP contribution in [0.3, 0.4) is 0 Å². The number of amides is 2. The van der Waals surface area contributed by atoms with E-state index in [1.807, 2.05) is 43.3 Å². The highest BCUT2D eigenvalue weighted by Crippen LogP contribution is 2.52. The van der Waals surface area contributed by atoms with Gasteiger partial charge >= 0.3 is 0 Å². The van der Waals surface area contributed by atoms with Crippen molar-refractivity contribution >= 4 is 17.5 Å². The van der Waals surface area contributed by atoms with Gasteiger partial charge in [-0.05, 0) is 43.5 Å². The van der Waals surface area contributed by atoms with Gasteiger partial charge in [0.05, 0.1) is 31.6 Å². The predicted octanol–water partition coefficient (Wildman–Crippen LogP) is 3.31. The van der Waals surface area contributed by atoms with Crippen LogP contribution in [0.5, 0.6) is 5.75 Å². The maximum atomic E-state index is 13.4. The molecule has 2 fully saturated rings. The zero-order chi connectivity index (χ0) is 21.5. The van der Waals surface area contributed by atoms with Crippen LogP contribution in [-0.2, 0) is 14.3 Å². The van der Waals surface area contributed by atoms with Crippen molar-refractivity contribution in [3.05, 3.63) is 36.4 Å². The molecule has 3 aliphatic rings. The van der Waals surface area contributed by atoms with E-state index in [0.29, 0.717) is 12.5 Å². The molecule has 2 bridgehead atoms. The Morgan fingerprint density at radius 2 is 2.00 bits per heavy atom. The highest BCUT2D eigenvalue weighted by atomic mass is 16.5. The molecular formula is C24H32N2O4. The number of carbonyl (C=O) groups is 2. The fraction of sp³-hybridized carbons (Fsp3) is 0.583. The molecule has 2 saturated heterocycles. The molecule has 0 saturated carbocycles. The lowest BCUT2D eigenvalue weighted by atomic mass is 9.76. The summed E-state index contributed by atoms with van der Waals surface area (Å²) in [5.74, 6) is 0.343. The van der Waals surface area contributed by atoms with Crippen molar-refractivity contribution in [1.29, 1.82) is 0 Å². The third-order valence-electron chi connectivity index (χ3n) is 6.59. The largest absolute Gasteiger partial charge is 0.497 e. The molecule has 3 aliphatic heterocycles. The summed E-state index contributed by atoms with van der Waals surface area (Å²) in [4.78, 5) is 28.3. The molecule has 6 heteroatoms. The summed E-state index contributed by atoms with van der Waals surface area (Å²) in [7, 11) is 1.61. The van der Waals surface area contributed by atoms with Crippen molar-refractivity contribution in [3.8, 4) is 5.75 Å². The second-order valence-corrected chi connectivity index (χ2v) is 9.26. The van der Waals surface area contributed by atoms with Gasteiger partial charge in [-0.2, -0.15) is 0 Å². The van der Waals surface area contributed by atoms with Gasteiger partial charge in [-0.1, -0.05) is 38.8 Å². The van der Waals surface area contributed by atoms with Crippen LogP contribution in [0.2, 0.25) is 0 Å². The first-order valence-electron chi connectivity index (χ1n) is 11.0. The zero-order valence-electron chi connectivity index (χ0n) is 18.3. The molecule has 1 spiro atoms. The van der Waals surface area contributed by atoms with Gasteiger partial charge in [-0.3, -0.25) is 9.59 Å². The third-order valence-corrected chi connectivity index (χ3v) is 6.59. The number of ether oxygens (including phenoxy) is 2. The minimum Gasteiger partial charge on any atom is -0.497 e. The molecule has 0 radical (unpaired) electrons. The van der Waals surface area contributed by atoms with Gasteiger partial charge in [0.15, 0.2) is 0 Å². The van der Waals surface area contributed by atoms with E-state index in [4.69, 9.17) is 9.47 Å².